The molecule has 8 heteroatoms. The molecule has 3 rings (SSSR count). The Hall–Kier alpha value is -2.42. The van der Waals surface area contributed by atoms with E-state index in [4.69, 9.17) is 9.47 Å². The van der Waals surface area contributed by atoms with Crippen molar-refractivity contribution in [3.8, 4) is 5.75 Å². The normalized spacial score (nSPS) is 14.9. The fourth-order valence-electron chi connectivity index (χ4n) is 3.41. The number of benzene rings is 2. The monoisotopic (exact) mass is 446 g/mol. The van der Waals surface area contributed by atoms with Crippen LogP contribution in [0, 0.1) is 0 Å². The Labute approximate surface area is 184 Å². The second kappa shape index (κ2) is 10.7. The lowest BCUT2D eigenvalue weighted by molar-refractivity contribution is -0.116. The molecule has 0 bridgehead atoms. The number of sulfonamides is 1. The highest BCUT2D eigenvalue weighted by Crippen LogP contribution is 2.30. The van der Waals surface area contributed by atoms with Crippen molar-refractivity contribution in [2.75, 3.05) is 38.2 Å². The predicted molar refractivity (Wildman–Crippen MR) is 120 cm³/mol. The minimum Gasteiger partial charge on any atom is -0.492 e. The molecule has 1 amide bonds. The minimum absolute atomic E-state index is 0.0594. The van der Waals surface area contributed by atoms with E-state index in [9.17, 15) is 13.2 Å². The Bertz CT molecular complexity index is 984. The zero-order valence-electron chi connectivity index (χ0n) is 18.1. The van der Waals surface area contributed by atoms with Gasteiger partial charge >= 0.3 is 0 Å². The van der Waals surface area contributed by atoms with E-state index >= 15 is 0 Å². The van der Waals surface area contributed by atoms with E-state index in [1.165, 1.54) is 15.9 Å². The van der Waals surface area contributed by atoms with Crippen molar-refractivity contribution in [2.24, 2.45) is 0 Å². The number of amides is 1. The van der Waals surface area contributed by atoms with E-state index in [0.29, 0.717) is 51.4 Å². The Morgan fingerprint density at radius 3 is 2.39 bits per heavy atom. The van der Waals surface area contributed by atoms with Crippen molar-refractivity contribution in [3.63, 3.8) is 0 Å². The molecular formula is C23H30N2O5S. The summed E-state index contributed by atoms with van der Waals surface area (Å²) in [6.07, 6.45) is 1.91. The second-order valence-electron chi connectivity index (χ2n) is 7.33. The molecule has 2 aromatic rings. The third-order valence-corrected chi connectivity index (χ3v) is 7.11. The van der Waals surface area contributed by atoms with Gasteiger partial charge in [-0.1, -0.05) is 31.2 Å². The van der Waals surface area contributed by atoms with Crippen LogP contribution in [0.4, 0.5) is 5.69 Å². The Balaban J connectivity index is 1.72. The molecule has 0 aromatic heterocycles. The highest BCUT2D eigenvalue weighted by molar-refractivity contribution is 7.89. The summed E-state index contributed by atoms with van der Waals surface area (Å²) < 4.78 is 38.5. The summed E-state index contributed by atoms with van der Waals surface area (Å²) in [5.74, 6) is 0.112. The number of aryl methyl sites for hydroxylation is 2. The number of ether oxygens (including phenoxy) is 2. The van der Waals surface area contributed by atoms with Crippen molar-refractivity contribution in [1.29, 1.82) is 0 Å². The number of morpholine rings is 1. The fraction of sp³-hybridized carbons (Fsp3) is 0.435. The molecule has 1 N–H and O–H groups in total. The van der Waals surface area contributed by atoms with E-state index in [1.807, 2.05) is 12.1 Å². The summed E-state index contributed by atoms with van der Waals surface area (Å²) >= 11 is 0. The second-order valence-corrected chi connectivity index (χ2v) is 9.24. The molecule has 0 atom stereocenters. The summed E-state index contributed by atoms with van der Waals surface area (Å²) in [7, 11) is -3.76. The first-order valence-electron chi connectivity index (χ1n) is 10.7. The zero-order valence-corrected chi connectivity index (χ0v) is 18.9. The summed E-state index contributed by atoms with van der Waals surface area (Å²) in [4.78, 5) is 12.5. The molecule has 168 valence electrons. The maximum atomic E-state index is 13.2. The number of nitrogens with one attached hydrogen (secondary N) is 1. The largest absolute Gasteiger partial charge is 0.492 e. The lowest BCUT2D eigenvalue weighted by Gasteiger charge is -2.27. The first kappa shape index (κ1) is 23.2. The average Bonchev–Trinajstić information content (AvgIpc) is 2.79. The Morgan fingerprint density at radius 2 is 1.74 bits per heavy atom. The third kappa shape index (κ3) is 6.06. The summed E-state index contributed by atoms with van der Waals surface area (Å²) in [6.45, 7) is 5.55. The van der Waals surface area contributed by atoms with Crippen molar-refractivity contribution in [1.82, 2.24) is 4.31 Å². The van der Waals surface area contributed by atoms with Gasteiger partial charge in [-0.25, -0.2) is 8.42 Å². The summed E-state index contributed by atoms with van der Waals surface area (Å²) in [6, 6.07) is 13.0. The number of carbonyl (C=O) groups is 1. The molecule has 0 spiro atoms. The van der Waals surface area contributed by atoms with Crippen molar-refractivity contribution in [2.45, 2.75) is 38.0 Å². The van der Waals surface area contributed by atoms with Gasteiger partial charge in [-0.15, -0.1) is 0 Å². The molecular weight excluding hydrogens is 416 g/mol. The molecule has 7 nitrogen and oxygen atoms in total. The van der Waals surface area contributed by atoms with Crippen LogP contribution in [-0.2, 0) is 32.4 Å². The lowest BCUT2D eigenvalue weighted by Crippen LogP contribution is -2.40. The number of anilines is 1. The molecule has 1 aliphatic rings. The van der Waals surface area contributed by atoms with Gasteiger partial charge in [0.2, 0.25) is 15.9 Å². The standard InChI is InChI=1S/C23H30N2O5S/c1-3-18-5-7-19(8-6-18)9-12-23(26)24-20-10-11-21(30-4-2)22(17-20)31(27,28)25-13-15-29-16-14-25/h5-8,10-11,17H,3-4,9,12-16H2,1-2H3,(H,24,26). The summed E-state index contributed by atoms with van der Waals surface area (Å²) in [5.41, 5.74) is 2.79. The van der Waals surface area contributed by atoms with E-state index in [-0.39, 0.29) is 16.6 Å². The van der Waals surface area contributed by atoms with Crippen LogP contribution in [0.25, 0.3) is 0 Å². The van der Waals surface area contributed by atoms with Crippen LogP contribution in [0.15, 0.2) is 47.4 Å². The topological polar surface area (TPSA) is 84.9 Å². The molecule has 0 aliphatic carbocycles. The molecule has 1 saturated heterocycles. The van der Waals surface area contributed by atoms with Crippen LogP contribution in [0.3, 0.4) is 0 Å². The number of nitrogens with zero attached hydrogens (tertiary/aromatic N) is 1. The molecule has 0 radical (unpaired) electrons. The first-order chi connectivity index (χ1) is 14.9. The van der Waals surface area contributed by atoms with Gasteiger partial charge in [0, 0.05) is 25.2 Å². The van der Waals surface area contributed by atoms with E-state index in [0.717, 1.165) is 12.0 Å². The van der Waals surface area contributed by atoms with Gasteiger partial charge in [0.05, 0.1) is 19.8 Å². The van der Waals surface area contributed by atoms with Crippen LogP contribution in [0.5, 0.6) is 5.75 Å². The summed E-state index contributed by atoms with van der Waals surface area (Å²) in [5, 5.41) is 2.82. The number of rotatable bonds is 9. The van der Waals surface area contributed by atoms with Crippen LogP contribution < -0.4 is 10.1 Å². The maximum absolute atomic E-state index is 13.2. The number of hydrogen-bond donors (Lipinski definition) is 1. The van der Waals surface area contributed by atoms with Gasteiger partial charge in [-0.2, -0.15) is 4.31 Å². The van der Waals surface area contributed by atoms with Gasteiger partial charge in [-0.05, 0) is 49.1 Å². The average molecular weight is 447 g/mol. The van der Waals surface area contributed by atoms with Gasteiger partial charge < -0.3 is 14.8 Å². The fourth-order valence-corrected chi connectivity index (χ4v) is 4.98. The molecule has 1 fully saturated rings. The van der Waals surface area contributed by atoms with E-state index in [2.05, 4.69) is 24.4 Å². The number of carbonyl (C=O) groups excluding carboxylic acids is 1. The molecule has 0 unspecified atom stereocenters. The quantitative estimate of drug-likeness (QED) is 0.639. The molecule has 0 saturated carbocycles. The Kier molecular flexibility index (Phi) is 8.06. The van der Waals surface area contributed by atoms with Crippen LogP contribution in [0.1, 0.15) is 31.4 Å². The van der Waals surface area contributed by atoms with Gasteiger partial charge in [0.25, 0.3) is 0 Å². The van der Waals surface area contributed by atoms with E-state index < -0.39 is 10.0 Å². The van der Waals surface area contributed by atoms with Crippen molar-refractivity contribution < 1.29 is 22.7 Å². The van der Waals surface area contributed by atoms with E-state index in [1.54, 1.807) is 19.1 Å². The molecule has 1 aliphatic heterocycles. The lowest BCUT2D eigenvalue weighted by atomic mass is 10.1. The van der Waals surface area contributed by atoms with Crippen molar-refractivity contribution in [3.05, 3.63) is 53.6 Å². The SMILES string of the molecule is CCOc1ccc(NC(=O)CCc2ccc(CC)cc2)cc1S(=O)(=O)N1CCOCC1. The van der Waals surface area contributed by atoms with Gasteiger partial charge in [-0.3, -0.25) is 4.79 Å². The van der Waals surface area contributed by atoms with Crippen LogP contribution >= 0.6 is 0 Å². The van der Waals surface area contributed by atoms with Crippen LogP contribution in [0.2, 0.25) is 0 Å². The highest BCUT2D eigenvalue weighted by atomic mass is 32.2. The Morgan fingerprint density at radius 1 is 1.06 bits per heavy atom. The number of hydrogen-bond acceptors (Lipinski definition) is 5. The van der Waals surface area contributed by atoms with Gasteiger partial charge in [0.15, 0.2) is 0 Å². The molecule has 31 heavy (non-hydrogen) atoms. The minimum atomic E-state index is -3.76. The van der Waals surface area contributed by atoms with Crippen molar-refractivity contribution >= 4 is 21.6 Å². The highest BCUT2D eigenvalue weighted by Gasteiger charge is 2.29. The predicted octanol–water partition coefficient (Wildman–Crippen LogP) is 3.24. The van der Waals surface area contributed by atoms with Crippen LogP contribution in [-0.4, -0.2) is 51.5 Å². The smallest absolute Gasteiger partial charge is 0.246 e. The molecule has 1 heterocycles. The third-order valence-electron chi connectivity index (χ3n) is 5.19. The van der Waals surface area contributed by atoms with Gasteiger partial charge in [0.1, 0.15) is 10.6 Å². The first-order valence-corrected chi connectivity index (χ1v) is 12.1. The maximum Gasteiger partial charge on any atom is 0.246 e. The zero-order chi connectivity index (χ0) is 22.3. The molecule has 2 aromatic carbocycles.